The molecule has 0 bridgehead atoms. The summed E-state index contributed by atoms with van der Waals surface area (Å²) in [6.45, 7) is 1.90. The highest BCUT2D eigenvalue weighted by molar-refractivity contribution is 6.17. The van der Waals surface area contributed by atoms with Crippen molar-refractivity contribution in [3.63, 3.8) is 0 Å². The summed E-state index contributed by atoms with van der Waals surface area (Å²) in [4.78, 5) is 24.2. The topological polar surface area (TPSA) is 43.4 Å². The zero-order valence-corrected chi connectivity index (χ0v) is 13.7. The van der Waals surface area contributed by atoms with E-state index in [2.05, 4.69) is 0 Å². The molecule has 0 atom stereocenters. The van der Waals surface area contributed by atoms with Gasteiger partial charge in [-0.3, -0.25) is 4.79 Å². The van der Waals surface area contributed by atoms with Crippen molar-refractivity contribution in [1.29, 1.82) is 0 Å². The molecule has 3 heteroatoms. The van der Waals surface area contributed by atoms with Crippen LogP contribution >= 0.6 is 0 Å². The first-order valence-electron chi connectivity index (χ1n) is 8.48. The van der Waals surface area contributed by atoms with Crippen LogP contribution in [0.25, 0.3) is 0 Å². The van der Waals surface area contributed by atoms with Crippen molar-refractivity contribution >= 4 is 11.8 Å². The molecule has 21 heavy (non-hydrogen) atoms. The number of Topliss-reactive ketones (excluding diaryl/α,β-unsaturated/α-hetero) is 1. The SMILES string of the molecule is COC(=O)/C1=C(\C)CCCCCCCCCCCCC1=O. The van der Waals surface area contributed by atoms with Gasteiger partial charge in [-0.1, -0.05) is 56.9 Å². The maximum Gasteiger partial charge on any atom is 0.341 e. The number of carbonyl (C=O) groups excluding carboxylic acids is 2. The van der Waals surface area contributed by atoms with Gasteiger partial charge in [0.05, 0.1) is 7.11 Å². The van der Waals surface area contributed by atoms with Crippen LogP contribution in [-0.4, -0.2) is 18.9 Å². The summed E-state index contributed by atoms with van der Waals surface area (Å²) < 4.78 is 4.80. The molecule has 0 heterocycles. The number of hydrogen-bond acceptors (Lipinski definition) is 3. The lowest BCUT2D eigenvalue weighted by atomic mass is 9.97. The van der Waals surface area contributed by atoms with Gasteiger partial charge in [-0.05, 0) is 26.2 Å². The second-order valence-electron chi connectivity index (χ2n) is 6.11. The Labute approximate surface area is 129 Å². The molecule has 0 unspecified atom stereocenters. The highest BCUT2D eigenvalue weighted by Gasteiger charge is 2.21. The van der Waals surface area contributed by atoms with Crippen LogP contribution in [0.5, 0.6) is 0 Å². The van der Waals surface area contributed by atoms with E-state index >= 15 is 0 Å². The Balaban J connectivity index is 2.72. The van der Waals surface area contributed by atoms with Gasteiger partial charge in [0.2, 0.25) is 0 Å². The van der Waals surface area contributed by atoms with Crippen LogP contribution in [0.3, 0.4) is 0 Å². The monoisotopic (exact) mass is 294 g/mol. The van der Waals surface area contributed by atoms with Gasteiger partial charge >= 0.3 is 5.97 Å². The van der Waals surface area contributed by atoms with Crippen molar-refractivity contribution in [2.45, 2.75) is 84.0 Å². The first-order valence-corrected chi connectivity index (χ1v) is 8.48. The maximum atomic E-state index is 12.3. The standard InChI is InChI=1S/C18H30O3/c1-15-13-11-9-7-5-3-4-6-8-10-12-14-16(19)17(15)18(20)21-2/h3-14H2,1-2H3/b17-15+. The average molecular weight is 294 g/mol. The summed E-state index contributed by atoms with van der Waals surface area (Å²) in [6, 6.07) is 0. The van der Waals surface area contributed by atoms with E-state index < -0.39 is 5.97 Å². The van der Waals surface area contributed by atoms with Crippen LogP contribution in [0.4, 0.5) is 0 Å². The lowest BCUT2D eigenvalue weighted by molar-refractivity contribution is -0.137. The fourth-order valence-corrected chi connectivity index (χ4v) is 2.97. The molecule has 0 aliphatic heterocycles. The number of esters is 1. The zero-order chi connectivity index (χ0) is 15.5. The number of hydrogen-bond donors (Lipinski definition) is 0. The summed E-state index contributed by atoms with van der Waals surface area (Å²) >= 11 is 0. The first-order chi connectivity index (χ1) is 10.2. The Kier molecular flexibility index (Phi) is 9.04. The van der Waals surface area contributed by atoms with Crippen molar-refractivity contribution in [1.82, 2.24) is 0 Å². The molecule has 0 saturated heterocycles. The molecule has 1 aliphatic carbocycles. The van der Waals surface area contributed by atoms with Crippen LogP contribution in [0.15, 0.2) is 11.1 Å². The molecular formula is C18H30O3. The Morgan fingerprint density at radius 3 is 1.71 bits per heavy atom. The van der Waals surface area contributed by atoms with Crippen molar-refractivity contribution in [2.75, 3.05) is 7.11 Å². The number of allylic oxidation sites excluding steroid dienone is 1. The minimum atomic E-state index is -0.457. The predicted molar refractivity (Wildman–Crippen MR) is 85.1 cm³/mol. The quantitative estimate of drug-likeness (QED) is 0.518. The maximum absolute atomic E-state index is 12.3. The van der Waals surface area contributed by atoms with E-state index in [0.717, 1.165) is 31.3 Å². The third kappa shape index (κ3) is 6.92. The van der Waals surface area contributed by atoms with Crippen molar-refractivity contribution in [3.8, 4) is 0 Å². The van der Waals surface area contributed by atoms with Gasteiger partial charge in [-0.25, -0.2) is 4.79 Å². The lowest BCUT2D eigenvalue weighted by Crippen LogP contribution is -2.16. The van der Waals surface area contributed by atoms with E-state index in [1.54, 1.807) is 0 Å². The lowest BCUT2D eigenvalue weighted by Gasteiger charge is -2.10. The molecule has 0 radical (unpaired) electrons. The van der Waals surface area contributed by atoms with Crippen LogP contribution in [0.1, 0.15) is 84.0 Å². The molecule has 120 valence electrons. The average Bonchev–Trinajstić information content (AvgIpc) is 2.48. The van der Waals surface area contributed by atoms with E-state index in [4.69, 9.17) is 4.74 Å². The molecule has 0 saturated carbocycles. The Morgan fingerprint density at radius 2 is 1.24 bits per heavy atom. The van der Waals surface area contributed by atoms with Crippen molar-refractivity contribution in [3.05, 3.63) is 11.1 Å². The predicted octanol–water partition coefficient (Wildman–Crippen LogP) is 4.74. The van der Waals surface area contributed by atoms with Crippen molar-refractivity contribution in [2.24, 2.45) is 0 Å². The zero-order valence-electron chi connectivity index (χ0n) is 13.7. The van der Waals surface area contributed by atoms with E-state index in [1.165, 1.54) is 52.1 Å². The second kappa shape index (κ2) is 10.6. The van der Waals surface area contributed by atoms with E-state index in [9.17, 15) is 9.59 Å². The highest BCUT2D eigenvalue weighted by atomic mass is 16.5. The summed E-state index contributed by atoms with van der Waals surface area (Å²) in [5, 5.41) is 0. The highest BCUT2D eigenvalue weighted by Crippen LogP contribution is 2.20. The third-order valence-electron chi connectivity index (χ3n) is 4.30. The molecule has 3 nitrogen and oxygen atoms in total. The summed E-state index contributed by atoms with van der Waals surface area (Å²) in [7, 11) is 1.35. The Morgan fingerprint density at radius 1 is 0.810 bits per heavy atom. The molecule has 0 aromatic heterocycles. The molecule has 0 amide bonds. The minimum absolute atomic E-state index is 0.0331. The molecule has 0 spiro atoms. The van der Waals surface area contributed by atoms with Gasteiger partial charge < -0.3 is 4.74 Å². The van der Waals surface area contributed by atoms with Crippen LogP contribution < -0.4 is 0 Å². The molecular weight excluding hydrogens is 264 g/mol. The van der Waals surface area contributed by atoms with Crippen LogP contribution in [-0.2, 0) is 14.3 Å². The number of carbonyl (C=O) groups is 2. The fourth-order valence-electron chi connectivity index (χ4n) is 2.97. The molecule has 1 aliphatic rings. The second-order valence-corrected chi connectivity index (χ2v) is 6.11. The van der Waals surface area contributed by atoms with Gasteiger partial charge in [-0.15, -0.1) is 0 Å². The number of rotatable bonds is 1. The van der Waals surface area contributed by atoms with Gasteiger partial charge in [0.1, 0.15) is 5.57 Å². The van der Waals surface area contributed by atoms with Gasteiger partial charge in [0, 0.05) is 6.42 Å². The van der Waals surface area contributed by atoms with Gasteiger partial charge in [-0.2, -0.15) is 0 Å². The first kappa shape index (κ1) is 17.9. The Bertz CT molecular complexity index is 369. The number of ketones is 1. The number of ether oxygens (including phenoxy) is 1. The van der Waals surface area contributed by atoms with E-state index in [-0.39, 0.29) is 5.78 Å². The molecule has 0 N–H and O–H groups in total. The minimum Gasteiger partial charge on any atom is -0.465 e. The molecule has 0 aromatic carbocycles. The largest absolute Gasteiger partial charge is 0.465 e. The van der Waals surface area contributed by atoms with Gasteiger partial charge in [0.25, 0.3) is 0 Å². The van der Waals surface area contributed by atoms with Crippen LogP contribution in [0.2, 0.25) is 0 Å². The van der Waals surface area contributed by atoms with Crippen LogP contribution in [0, 0.1) is 0 Å². The van der Waals surface area contributed by atoms with E-state index in [0.29, 0.717) is 12.0 Å². The molecule has 0 aromatic rings. The summed E-state index contributed by atoms with van der Waals surface area (Å²) in [5.41, 5.74) is 1.22. The number of methoxy groups -OCH3 is 1. The summed E-state index contributed by atoms with van der Waals surface area (Å²) in [6.07, 6.45) is 13.2. The smallest absolute Gasteiger partial charge is 0.341 e. The van der Waals surface area contributed by atoms with Gasteiger partial charge in [0.15, 0.2) is 5.78 Å². The normalized spacial score (nSPS) is 24.0. The Hall–Kier alpha value is -1.12. The fraction of sp³-hybridized carbons (Fsp3) is 0.778. The summed E-state index contributed by atoms with van der Waals surface area (Å²) in [5.74, 6) is -0.490. The third-order valence-corrected chi connectivity index (χ3v) is 4.30. The molecule has 1 rings (SSSR count). The molecule has 0 fully saturated rings. The van der Waals surface area contributed by atoms with E-state index in [1.807, 2.05) is 6.92 Å². The van der Waals surface area contributed by atoms with Crippen molar-refractivity contribution < 1.29 is 14.3 Å².